The molecule has 1 aromatic heterocycles. The van der Waals surface area contributed by atoms with E-state index in [2.05, 4.69) is 15.6 Å². The minimum atomic E-state index is -0.391. The molecule has 0 saturated heterocycles. The minimum absolute atomic E-state index is 0.133. The first-order valence-electron chi connectivity index (χ1n) is 6.27. The summed E-state index contributed by atoms with van der Waals surface area (Å²) in [7, 11) is 0. The highest BCUT2D eigenvalue weighted by Gasteiger charge is 2.20. The Bertz CT molecular complexity index is 580. The highest BCUT2D eigenvalue weighted by Crippen LogP contribution is 2.19. The molecule has 0 bridgehead atoms. The van der Waals surface area contributed by atoms with Crippen molar-refractivity contribution < 1.29 is 4.39 Å². The molecule has 1 N–H and O–H groups in total. The van der Waals surface area contributed by atoms with E-state index in [1.165, 1.54) is 18.9 Å². The van der Waals surface area contributed by atoms with Gasteiger partial charge >= 0.3 is 0 Å². The average molecular weight is 281 g/mol. The van der Waals surface area contributed by atoms with E-state index in [4.69, 9.17) is 11.6 Å². The lowest BCUT2D eigenvalue weighted by Gasteiger charge is -2.03. The zero-order valence-corrected chi connectivity index (χ0v) is 11.1. The molecule has 1 fully saturated rings. The molecule has 0 amide bonds. The van der Waals surface area contributed by atoms with Crippen molar-refractivity contribution in [3.8, 4) is 0 Å². The van der Waals surface area contributed by atoms with Gasteiger partial charge in [-0.05, 0) is 18.9 Å². The van der Waals surface area contributed by atoms with Crippen LogP contribution >= 0.6 is 11.6 Å². The summed E-state index contributed by atoms with van der Waals surface area (Å²) in [6, 6.07) is 5.60. The fourth-order valence-corrected chi connectivity index (χ4v) is 2.07. The molecule has 0 atom stereocenters. The van der Waals surface area contributed by atoms with E-state index in [9.17, 15) is 4.39 Å². The normalized spacial score (nSPS) is 14.8. The molecule has 2 aromatic rings. The van der Waals surface area contributed by atoms with Gasteiger partial charge in [-0.2, -0.15) is 0 Å². The topological polar surface area (TPSA) is 42.7 Å². The fraction of sp³-hybridized carbons (Fsp3) is 0.385. The van der Waals surface area contributed by atoms with Gasteiger partial charge in [-0.15, -0.1) is 5.10 Å². The molecule has 1 aliphatic carbocycles. The van der Waals surface area contributed by atoms with Crippen LogP contribution in [0, 0.1) is 5.82 Å². The molecule has 4 nitrogen and oxygen atoms in total. The van der Waals surface area contributed by atoms with Gasteiger partial charge in [0, 0.05) is 18.2 Å². The summed E-state index contributed by atoms with van der Waals surface area (Å²) in [5.41, 5.74) is 1.38. The molecule has 1 aromatic carbocycles. The number of hydrogen-bond acceptors (Lipinski definition) is 3. The number of halogens is 2. The Morgan fingerprint density at radius 3 is 3.05 bits per heavy atom. The monoisotopic (exact) mass is 280 g/mol. The van der Waals surface area contributed by atoms with E-state index < -0.39 is 5.82 Å². The van der Waals surface area contributed by atoms with Gasteiger partial charge in [0.2, 0.25) is 0 Å². The number of nitrogens with zero attached hydrogens (tertiary/aromatic N) is 3. The van der Waals surface area contributed by atoms with Crippen molar-refractivity contribution >= 4 is 11.6 Å². The quantitative estimate of drug-likeness (QED) is 0.914. The largest absolute Gasteiger partial charge is 0.308 e. The second-order valence-electron chi connectivity index (χ2n) is 4.78. The lowest BCUT2D eigenvalue weighted by molar-refractivity contribution is 0.577. The number of benzene rings is 1. The first kappa shape index (κ1) is 12.6. The second kappa shape index (κ2) is 5.27. The van der Waals surface area contributed by atoms with Gasteiger partial charge in [-0.3, -0.25) is 0 Å². The number of aromatic nitrogens is 3. The minimum Gasteiger partial charge on any atom is -0.308 e. The van der Waals surface area contributed by atoms with Crippen LogP contribution in [0.4, 0.5) is 4.39 Å². The molecule has 0 unspecified atom stereocenters. The maximum absolute atomic E-state index is 13.8. The summed E-state index contributed by atoms with van der Waals surface area (Å²) in [6.45, 7) is 1.05. The number of nitrogens with one attached hydrogen (secondary N) is 1. The maximum Gasteiger partial charge on any atom is 0.146 e. The fourth-order valence-electron chi connectivity index (χ4n) is 1.88. The van der Waals surface area contributed by atoms with Crippen LogP contribution in [0.1, 0.15) is 24.1 Å². The van der Waals surface area contributed by atoms with Crippen molar-refractivity contribution in [2.24, 2.45) is 0 Å². The zero-order chi connectivity index (χ0) is 13.2. The molecule has 0 radical (unpaired) electrons. The standard InChI is InChI=1S/C13H14ClFN4/c14-12-3-1-2-9(13(12)15)7-19-8-11(17-18-19)6-16-10-4-5-10/h1-3,8,10,16H,4-7H2. The van der Waals surface area contributed by atoms with E-state index in [0.717, 1.165) is 5.69 Å². The van der Waals surface area contributed by atoms with Gasteiger partial charge in [-0.1, -0.05) is 28.9 Å². The maximum atomic E-state index is 13.8. The molecule has 100 valence electrons. The average Bonchev–Trinajstić information content (AvgIpc) is 3.13. The molecule has 1 heterocycles. The van der Waals surface area contributed by atoms with Gasteiger partial charge < -0.3 is 5.32 Å². The Morgan fingerprint density at radius 1 is 1.42 bits per heavy atom. The van der Waals surface area contributed by atoms with Crippen molar-refractivity contribution in [1.82, 2.24) is 20.3 Å². The summed E-state index contributed by atoms with van der Waals surface area (Å²) in [4.78, 5) is 0. The summed E-state index contributed by atoms with van der Waals surface area (Å²) in [6.07, 6.45) is 4.31. The Labute approximate surface area is 115 Å². The molecule has 0 aliphatic heterocycles. The SMILES string of the molecule is Fc1c(Cl)cccc1Cn1cc(CNC2CC2)nn1. The van der Waals surface area contributed by atoms with Gasteiger partial charge in [0.25, 0.3) is 0 Å². The lowest BCUT2D eigenvalue weighted by atomic mass is 10.2. The third kappa shape index (κ3) is 3.11. The van der Waals surface area contributed by atoms with Crippen molar-refractivity contribution in [1.29, 1.82) is 0 Å². The molecular formula is C13H14ClFN4. The lowest BCUT2D eigenvalue weighted by Crippen LogP contribution is -2.15. The molecule has 1 aliphatic rings. The Kier molecular flexibility index (Phi) is 3.48. The van der Waals surface area contributed by atoms with Crippen LogP contribution in [-0.4, -0.2) is 21.0 Å². The summed E-state index contributed by atoms with van der Waals surface area (Å²) in [5.74, 6) is -0.391. The van der Waals surface area contributed by atoms with Crippen LogP contribution in [0.25, 0.3) is 0 Å². The highest BCUT2D eigenvalue weighted by molar-refractivity contribution is 6.30. The molecular weight excluding hydrogens is 267 g/mol. The van der Waals surface area contributed by atoms with Crippen molar-refractivity contribution in [2.75, 3.05) is 0 Å². The van der Waals surface area contributed by atoms with Gasteiger partial charge in [0.15, 0.2) is 0 Å². The molecule has 0 spiro atoms. The molecule has 6 heteroatoms. The van der Waals surface area contributed by atoms with Crippen molar-refractivity contribution in [2.45, 2.75) is 32.0 Å². The van der Waals surface area contributed by atoms with Gasteiger partial charge in [0.1, 0.15) is 5.82 Å². The van der Waals surface area contributed by atoms with Crippen LogP contribution < -0.4 is 5.32 Å². The van der Waals surface area contributed by atoms with Gasteiger partial charge in [0.05, 0.1) is 23.5 Å². The van der Waals surface area contributed by atoms with Crippen LogP contribution in [-0.2, 0) is 13.1 Å². The molecule has 19 heavy (non-hydrogen) atoms. The predicted octanol–water partition coefficient (Wildman–Crippen LogP) is 2.37. The van der Waals surface area contributed by atoms with Crippen LogP contribution in [0.3, 0.4) is 0 Å². The number of rotatable bonds is 5. The molecule has 3 rings (SSSR count). The van der Waals surface area contributed by atoms with E-state index in [0.29, 0.717) is 24.7 Å². The summed E-state index contributed by atoms with van der Waals surface area (Å²) < 4.78 is 15.4. The number of hydrogen-bond donors (Lipinski definition) is 1. The van der Waals surface area contributed by atoms with E-state index in [1.54, 1.807) is 16.8 Å². The second-order valence-corrected chi connectivity index (χ2v) is 5.18. The van der Waals surface area contributed by atoms with Crippen LogP contribution in [0.2, 0.25) is 5.02 Å². The summed E-state index contributed by atoms with van der Waals surface area (Å²) in [5, 5.41) is 11.5. The van der Waals surface area contributed by atoms with Crippen LogP contribution in [0.15, 0.2) is 24.4 Å². The summed E-state index contributed by atoms with van der Waals surface area (Å²) >= 11 is 5.75. The Hall–Kier alpha value is -1.46. The smallest absolute Gasteiger partial charge is 0.146 e. The van der Waals surface area contributed by atoms with Gasteiger partial charge in [-0.25, -0.2) is 9.07 Å². The van der Waals surface area contributed by atoms with Crippen molar-refractivity contribution in [3.05, 3.63) is 46.5 Å². The van der Waals surface area contributed by atoms with Crippen LogP contribution in [0.5, 0.6) is 0 Å². The Morgan fingerprint density at radius 2 is 2.26 bits per heavy atom. The van der Waals surface area contributed by atoms with E-state index >= 15 is 0 Å². The molecule has 1 saturated carbocycles. The Balaban J connectivity index is 1.67. The third-order valence-electron chi connectivity index (χ3n) is 3.10. The van der Waals surface area contributed by atoms with E-state index in [-0.39, 0.29) is 5.02 Å². The predicted molar refractivity (Wildman–Crippen MR) is 70.4 cm³/mol. The highest BCUT2D eigenvalue weighted by atomic mass is 35.5. The van der Waals surface area contributed by atoms with E-state index in [1.807, 2.05) is 6.20 Å². The first-order valence-corrected chi connectivity index (χ1v) is 6.65. The van der Waals surface area contributed by atoms with Crippen molar-refractivity contribution in [3.63, 3.8) is 0 Å². The zero-order valence-electron chi connectivity index (χ0n) is 10.3. The third-order valence-corrected chi connectivity index (χ3v) is 3.39. The first-order chi connectivity index (χ1) is 9.22.